The van der Waals surface area contributed by atoms with Gasteiger partial charge >= 0.3 is 0 Å². The Morgan fingerprint density at radius 1 is 1.27 bits per heavy atom. The molecule has 0 aliphatic heterocycles. The van der Waals surface area contributed by atoms with Crippen molar-refractivity contribution in [2.24, 2.45) is 0 Å². The molecule has 0 bridgehead atoms. The third-order valence-corrected chi connectivity index (χ3v) is 5.86. The lowest BCUT2D eigenvalue weighted by atomic mass is 9.89. The van der Waals surface area contributed by atoms with Gasteiger partial charge in [-0.15, -0.1) is 11.8 Å². The predicted molar refractivity (Wildman–Crippen MR) is 98.8 cm³/mol. The van der Waals surface area contributed by atoms with E-state index in [1.807, 2.05) is 26.0 Å². The highest BCUT2D eigenvalue weighted by atomic mass is 32.2. The molecule has 1 aliphatic carbocycles. The van der Waals surface area contributed by atoms with E-state index < -0.39 is 0 Å². The van der Waals surface area contributed by atoms with Crippen LogP contribution in [0.15, 0.2) is 32.4 Å². The standard InChI is InChI=1S/C20H19N3O2S/c1-12-16(13(2)25-23-12)11-26-20-15(10-21)19(18-8-5-9-24-18)14-6-3-4-7-17(14)22-20/h5,8-9H,3-4,6-7,11H2,1-2H3. The van der Waals surface area contributed by atoms with Crippen molar-refractivity contribution in [1.29, 1.82) is 5.26 Å². The van der Waals surface area contributed by atoms with Crippen LogP contribution < -0.4 is 0 Å². The summed E-state index contributed by atoms with van der Waals surface area (Å²) in [6, 6.07) is 6.17. The predicted octanol–water partition coefficient (Wildman–Crippen LogP) is 4.99. The molecular formula is C20H19N3O2S. The highest BCUT2D eigenvalue weighted by Crippen LogP contribution is 2.39. The molecular weight excluding hydrogens is 346 g/mol. The number of hydrogen-bond acceptors (Lipinski definition) is 6. The van der Waals surface area contributed by atoms with Crippen LogP contribution in [0.4, 0.5) is 0 Å². The number of aryl methyl sites for hydroxylation is 3. The monoisotopic (exact) mass is 365 g/mol. The van der Waals surface area contributed by atoms with Gasteiger partial charge in [0.1, 0.15) is 22.6 Å². The first kappa shape index (κ1) is 16.9. The second-order valence-corrected chi connectivity index (χ2v) is 7.44. The van der Waals surface area contributed by atoms with E-state index in [1.165, 1.54) is 5.56 Å². The first-order valence-electron chi connectivity index (χ1n) is 8.73. The van der Waals surface area contributed by atoms with Crippen molar-refractivity contribution in [2.75, 3.05) is 0 Å². The minimum Gasteiger partial charge on any atom is -0.464 e. The summed E-state index contributed by atoms with van der Waals surface area (Å²) in [6.07, 6.45) is 5.81. The van der Waals surface area contributed by atoms with Crippen molar-refractivity contribution >= 4 is 11.8 Å². The molecule has 3 aromatic rings. The minimum absolute atomic E-state index is 0.609. The largest absolute Gasteiger partial charge is 0.464 e. The topological polar surface area (TPSA) is 75.8 Å². The molecule has 0 radical (unpaired) electrons. The Labute approximate surface area is 156 Å². The molecule has 0 unspecified atom stereocenters. The Morgan fingerprint density at radius 3 is 2.81 bits per heavy atom. The molecule has 4 rings (SSSR count). The second-order valence-electron chi connectivity index (χ2n) is 6.48. The summed E-state index contributed by atoms with van der Waals surface area (Å²) >= 11 is 1.57. The number of nitriles is 1. The fraction of sp³-hybridized carbons (Fsp3) is 0.350. The van der Waals surface area contributed by atoms with E-state index in [1.54, 1.807) is 18.0 Å². The molecule has 0 aromatic carbocycles. The summed E-state index contributed by atoms with van der Waals surface area (Å²) < 4.78 is 10.9. The Balaban J connectivity index is 1.80. The van der Waals surface area contributed by atoms with Gasteiger partial charge in [-0.25, -0.2) is 4.98 Å². The molecule has 0 saturated heterocycles. The Kier molecular flexibility index (Phi) is 4.56. The molecule has 0 amide bonds. The van der Waals surface area contributed by atoms with Crippen LogP contribution in [0.25, 0.3) is 11.3 Å². The maximum Gasteiger partial charge on any atom is 0.137 e. The quantitative estimate of drug-likeness (QED) is 0.606. The lowest BCUT2D eigenvalue weighted by molar-refractivity contribution is 0.392. The van der Waals surface area contributed by atoms with Gasteiger partial charge < -0.3 is 8.94 Å². The van der Waals surface area contributed by atoms with Crippen LogP contribution in [0.5, 0.6) is 0 Å². The highest BCUT2D eigenvalue weighted by molar-refractivity contribution is 7.98. The highest BCUT2D eigenvalue weighted by Gasteiger charge is 2.25. The zero-order valence-corrected chi connectivity index (χ0v) is 15.7. The molecule has 3 aromatic heterocycles. The van der Waals surface area contributed by atoms with E-state index in [0.717, 1.165) is 64.7 Å². The smallest absolute Gasteiger partial charge is 0.137 e. The lowest BCUT2D eigenvalue weighted by Crippen LogP contribution is -2.10. The summed E-state index contributed by atoms with van der Waals surface area (Å²) in [5, 5.41) is 14.7. The Hall–Kier alpha value is -2.52. The number of fused-ring (bicyclic) bond motifs is 1. The summed E-state index contributed by atoms with van der Waals surface area (Å²) in [7, 11) is 0. The number of rotatable bonds is 4. The van der Waals surface area contributed by atoms with Crippen LogP contribution in [0.3, 0.4) is 0 Å². The maximum atomic E-state index is 9.89. The van der Waals surface area contributed by atoms with Crippen LogP contribution in [-0.2, 0) is 18.6 Å². The van der Waals surface area contributed by atoms with Crippen LogP contribution in [0.2, 0.25) is 0 Å². The first-order chi connectivity index (χ1) is 12.7. The van der Waals surface area contributed by atoms with Crippen molar-refractivity contribution in [2.45, 2.75) is 50.3 Å². The molecule has 0 saturated carbocycles. The molecule has 0 fully saturated rings. The maximum absolute atomic E-state index is 9.89. The molecule has 0 N–H and O–H groups in total. The normalized spacial score (nSPS) is 13.4. The first-order valence-corrected chi connectivity index (χ1v) is 9.72. The van der Waals surface area contributed by atoms with E-state index in [-0.39, 0.29) is 0 Å². The van der Waals surface area contributed by atoms with Crippen LogP contribution >= 0.6 is 11.8 Å². The van der Waals surface area contributed by atoms with Gasteiger partial charge in [0.25, 0.3) is 0 Å². The van der Waals surface area contributed by atoms with Crippen LogP contribution in [-0.4, -0.2) is 10.1 Å². The van der Waals surface area contributed by atoms with Gasteiger partial charge in [-0.3, -0.25) is 0 Å². The van der Waals surface area contributed by atoms with Crippen LogP contribution in [0.1, 0.15) is 46.7 Å². The number of aromatic nitrogens is 2. The van der Waals surface area contributed by atoms with E-state index in [0.29, 0.717) is 11.3 Å². The third kappa shape index (κ3) is 2.93. The van der Waals surface area contributed by atoms with Crippen LogP contribution in [0, 0.1) is 25.2 Å². The van der Waals surface area contributed by atoms with E-state index >= 15 is 0 Å². The Morgan fingerprint density at radius 2 is 2.12 bits per heavy atom. The average molecular weight is 365 g/mol. The van der Waals surface area contributed by atoms with Crippen molar-refractivity contribution in [3.63, 3.8) is 0 Å². The van der Waals surface area contributed by atoms with Gasteiger partial charge in [0, 0.05) is 22.6 Å². The number of thioether (sulfide) groups is 1. The minimum atomic E-state index is 0.609. The summed E-state index contributed by atoms with van der Waals surface area (Å²) in [5.74, 6) is 2.25. The number of pyridine rings is 1. The molecule has 3 heterocycles. The number of hydrogen-bond donors (Lipinski definition) is 0. The second kappa shape index (κ2) is 7.00. The fourth-order valence-electron chi connectivity index (χ4n) is 3.47. The number of furan rings is 1. The average Bonchev–Trinajstić information content (AvgIpc) is 3.29. The van der Waals surface area contributed by atoms with Gasteiger partial charge in [0.15, 0.2) is 0 Å². The lowest BCUT2D eigenvalue weighted by Gasteiger charge is -2.20. The molecule has 26 heavy (non-hydrogen) atoms. The Bertz CT molecular complexity index is 964. The molecule has 132 valence electrons. The van der Waals surface area contributed by atoms with Crippen molar-refractivity contribution in [1.82, 2.24) is 10.1 Å². The summed E-state index contributed by atoms with van der Waals surface area (Å²) in [5.41, 5.74) is 5.75. The van der Waals surface area contributed by atoms with Gasteiger partial charge in [-0.2, -0.15) is 5.26 Å². The summed E-state index contributed by atoms with van der Waals surface area (Å²) in [4.78, 5) is 4.86. The van der Waals surface area contributed by atoms with Crippen molar-refractivity contribution in [3.8, 4) is 17.4 Å². The summed E-state index contributed by atoms with van der Waals surface area (Å²) in [6.45, 7) is 3.85. The zero-order valence-electron chi connectivity index (χ0n) is 14.8. The molecule has 6 heteroatoms. The third-order valence-electron chi connectivity index (χ3n) is 4.85. The van der Waals surface area contributed by atoms with Gasteiger partial charge in [-0.05, 0) is 57.2 Å². The molecule has 1 aliphatic rings. The molecule has 5 nitrogen and oxygen atoms in total. The van der Waals surface area contributed by atoms with Gasteiger partial charge in [-0.1, -0.05) is 5.16 Å². The van der Waals surface area contributed by atoms with Gasteiger partial charge in [0.2, 0.25) is 0 Å². The zero-order chi connectivity index (χ0) is 18.1. The van der Waals surface area contributed by atoms with Gasteiger partial charge in [0.05, 0.1) is 17.5 Å². The van der Waals surface area contributed by atoms with E-state index in [4.69, 9.17) is 13.9 Å². The van der Waals surface area contributed by atoms with Crippen molar-refractivity contribution in [3.05, 3.63) is 52.2 Å². The molecule has 0 atom stereocenters. The van der Waals surface area contributed by atoms with E-state index in [2.05, 4.69) is 11.2 Å². The molecule has 0 spiro atoms. The fourth-order valence-corrected chi connectivity index (χ4v) is 4.63. The number of nitrogens with zero attached hydrogens (tertiary/aromatic N) is 3. The van der Waals surface area contributed by atoms with Crippen molar-refractivity contribution < 1.29 is 8.94 Å². The SMILES string of the molecule is Cc1noc(C)c1CSc1nc2c(c(-c3ccco3)c1C#N)CCCC2. The van der Waals surface area contributed by atoms with E-state index in [9.17, 15) is 5.26 Å².